The van der Waals surface area contributed by atoms with Crippen molar-refractivity contribution in [2.24, 2.45) is 5.92 Å². The number of aromatic nitrogens is 3. The summed E-state index contributed by atoms with van der Waals surface area (Å²) in [5.74, 6) is -0.0721. The summed E-state index contributed by atoms with van der Waals surface area (Å²) in [5.41, 5.74) is 3.93. The van der Waals surface area contributed by atoms with E-state index in [2.05, 4.69) is 44.6 Å². The Balaban J connectivity index is 1.37. The average Bonchev–Trinajstić information content (AvgIpc) is 3.13. The van der Waals surface area contributed by atoms with Gasteiger partial charge in [-0.2, -0.15) is 4.98 Å². The van der Waals surface area contributed by atoms with Crippen LogP contribution in [0.25, 0.3) is 16.8 Å². The maximum absolute atomic E-state index is 12.1. The van der Waals surface area contributed by atoms with Gasteiger partial charge < -0.3 is 9.64 Å². The van der Waals surface area contributed by atoms with Crippen LogP contribution in [-0.4, -0.2) is 52.6 Å². The third-order valence-electron chi connectivity index (χ3n) is 5.44. The summed E-state index contributed by atoms with van der Waals surface area (Å²) in [4.78, 5) is 29.9. The van der Waals surface area contributed by atoms with Gasteiger partial charge in [-0.1, -0.05) is 12.1 Å². The number of nitrogens with one attached hydrogen (secondary N) is 1. The molecular formula is C21H21N5O3. The Bertz CT molecular complexity index is 1080. The molecule has 3 heterocycles. The van der Waals surface area contributed by atoms with Crippen molar-refractivity contribution in [3.8, 4) is 11.1 Å². The van der Waals surface area contributed by atoms with Gasteiger partial charge in [0.25, 0.3) is 0 Å². The smallest absolute Gasteiger partial charge is 0.249 e. The number of ether oxygens (including phenoxy) is 1. The van der Waals surface area contributed by atoms with E-state index in [1.807, 2.05) is 18.3 Å². The van der Waals surface area contributed by atoms with Crippen LogP contribution in [0.5, 0.6) is 0 Å². The quantitative estimate of drug-likeness (QED) is 0.733. The molecule has 8 heteroatoms. The molecule has 0 bridgehead atoms. The highest BCUT2D eigenvalue weighted by Gasteiger charge is 2.33. The molecule has 2 fully saturated rings. The summed E-state index contributed by atoms with van der Waals surface area (Å²) in [5, 5.41) is 7.09. The number of benzene rings is 1. The Labute approximate surface area is 167 Å². The fraction of sp³-hybridized carbons (Fsp3) is 0.333. The molecule has 0 atom stereocenters. The van der Waals surface area contributed by atoms with E-state index in [4.69, 9.17) is 4.74 Å². The van der Waals surface area contributed by atoms with Gasteiger partial charge >= 0.3 is 0 Å². The molecule has 1 amide bonds. The van der Waals surface area contributed by atoms with Crippen LogP contribution in [-0.2, 0) is 14.3 Å². The van der Waals surface area contributed by atoms with Gasteiger partial charge in [-0.05, 0) is 29.8 Å². The second-order valence-electron chi connectivity index (χ2n) is 7.44. The van der Waals surface area contributed by atoms with Crippen molar-refractivity contribution in [1.29, 1.82) is 0 Å². The van der Waals surface area contributed by atoms with Crippen LogP contribution in [0.3, 0.4) is 0 Å². The Morgan fingerprint density at radius 1 is 1.10 bits per heavy atom. The van der Waals surface area contributed by atoms with Crippen LogP contribution >= 0.6 is 0 Å². The average molecular weight is 391 g/mol. The zero-order chi connectivity index (χ0) is 19.8. The standard InChI is InChI=1S/C21H21N5O3/c27-18-11-16(12-18)20(28)23-21-22-19-5-4-15(13-26(19)24-21)14-2-1-3-17(10-14)25-6-8-29-9-7-25/h1-5,10,13,16H,6-9,11-12H2,(H,23,24,28). The van der Waals surface area contributed by atoms with E-state index in [1.165, 1.54) is 5.69 Å². The lowest BCUT2D eigenvalue weighted by atomic mass is 9.83. The van der Waals surface area contributed by atoms with Gasteiger partial charge in [-0.15, -0.1) is 5.10 Å². The van der Waals surface area contributed by atoms with E-state index in [9.17, 15) is 9.59 Å². The van der Waals surface area contributed by atoms with Crippen molar-refractivity contribution in [2.45, 2.75) is 12.8 Å². The van der Waals surface area contributed by atoms with E-state index in [0.717, 1.165) is 37.4 Å². The maximum atomic E-state index is 12.1. The van der Waals surface area contributed by atoms with Gasteiger partial charge in [-0.25, -0.2) is 4.52 Å². The molecule has 1 saturated heterocycles. The number of carbonyl (C=O) groups excluding carboxylic acids is 2. The summed E-state index contributed by atoms with van der Waals surface area (Å²) in [7, 11) is 0. The Morgan fingerprint density at radius 2 is 1.93 bits per heavy atom. The van der Waals surface area contributed by atoms with E-state index in [-0.39, 0.29) is 23.6 Å². The number of amides is 1. The largest absolute Gasteiger partial charge is 0.378 e. The number of hydrogen-bond donors (Lipinski definition) is 1. The molecule has 5 rings (SSSR count). The van der Waals surface area contributed by atoms with Gasteiger partial charge in [0.2, 0.25) is 11.9 Å². The monoisotopic (exact) mass is 391 g/mol. The molecule has 8 nitrogen and oxygen atoms in total. The van der Waals surface area contributed by atoms with Gasteiger partial charge in [-0.3, -0.25) is 14.9 Å². The SMILES string of the molecule is O=C1CC(C(=O)Nc2nc3ccc(-c4cccc(N5CCOCC5)c4)cn3n2)C1. The minimum atomic E-state index is -0.257. The third-order valence-corrected chi connectivity index (χ3v) is 5.44. The van der Waals surface area contributed by atoms with E-state index >= 15 is 0 Å². The second kappa shape index (κ2) is 7.29. The molecule has 2 aromatic heterocycles. The lowest BCUT2D eigenvalue weighted by Crippen LogP contribution is -2.36. The number of hydrogen-bond acceptors (Lipinski definition) is 6. The van der Waals surface area contributed by atoms with Crippen molar-refractivity contribution in [3.05, 3.63) is 42.6 Å². The molecule has 0 radical (unpaired) electrons. The highest BCUT2D eigenvalue weighted by Crippen LogP contribution is 2.26. The van der Waals surface area contributed by atoms with Crippen molar-refractivity contribution in [2.75, 3.05) is 36.5 Å². The first kappa shape index (κ1) is 17.8. The second-order valence-corrected chi connectivity index (χ2v) is 7.44. The van der Waals surface area contributed by atoms with Crippen LogP contribution in [0.4, 0.5) is 11.6 Å². The number of pyridine rings is 1. The number of Topliss-reactive ketones (excluding diaryl/α,β-unsaturated/α-hetero) is 1. The van der Waals surface area contributed by atoms with E-state index < -0.39 is 0 Å². The highest BCUT2D eigenvalue weighted by molar-refractivity contribution is 6.01. The normalized spacial score (nSPS) is 17.4. The van der Waals surface area contributed by atoms with Crippen LogP contribution in [0.1, 0.15) is 12.8 Å². The van der Waals surface area contributed by atoms with Crippen LogP contribution < -0.4 is 10.2 Å². The van der Waals surface area contributed by atoms with Crippen LogP contribution in [0, 0.1) is 5.92 Å². The zero-order valence-corrected chi connectivity index (χ0v) is 15.9. The molecule has 1 N–H and O–H groups in total. The number of rotatable bonds is 4. The van der Waals surface area contributed by atoms with E-state index in [0.29, 0.717) is 18.5 Å². The summed E-state index contributed by atoms with van der Waals surface area (Å²) in [6, 6.07) is 12.3. The number of ketones is 1. The number of anilines is 2. The van der Waals surface area contributed by atoms with E-state index in [1.54, 1.807) is 4.52 Å². The molecular weight excluding hydrogens is 370 g/mol. The minimum absolute atomic E-state index is 0.122. The molecule has 1 aliphatic carbocycles. The lowest BCUT2D eigenvalue weighted by Gasteiger charge is -2.29. The predicted molar refractivity (Wildman–Crippen MR) is 108 cm³/mol. The lowest BCUT2D eigenvalue weighted by molar-refractivity contribution is -0.135. The van der Waals surface area contributed by atoms with Gasteiger partial charge in [0.05, 0.1) is 19.1 Å². The van der Waals surface area contributed by atoms with Gasteiger partial charge in [0.1, 0.15) is 5.78 Å². The predicted octanol–water partition coefficient (Wildman–Crippen LogP) is 2.15. The minimum Gasteiger partial charge on any atom is -0.378 e. The molecule has 29 heavy (non-hydrogen) atoms. The molecule has 0 unspecified atom stereocenters. The molecule has 0 spiro atoms. The third kappa shape index (κ3) is 3.58. The van der Waals surface area contributed by atoms with Crippen molar-refractivity contribution < 1.29 is 14.3 Å². The van der Waals surface area contributed by atoms with Crippen LogP contribution in [0.2, 0.25) is 0 Å². The maximum Gasteiger partial charge on any atom is 0.249 e. The molecule has 1 aliphatic heterocycles. The Hall–Kier alpha value is -3.26. The topological polar surface area (TPSA) is 88.8 Å². The van der Waals surface area contributed by atoms with Crippen molar-refractivity contribution >= 4 is 29.0 Å². The Kier molecular flexibility index (Phi) is 4.48. The molecule has 1 saturated carbocycles. The van der Waals surface area contributed by atoms with Crippen LogP contribution in [0.15, 0.2) is 42.6 Å². The number of fused-ring (bicyclic) bond motifs is 1. The molecule has 148 valence electrons. The van der Waals surface area contributed by atoms with Gasteiger partial charge in [0.15, 0.2) is 5.65 Å². The molecule has 3 aromatic rings. The zero-order valence-electron chi connectivity index (χ0n) is 15.9. The highest BCUT2D eigenvalue weighted by atomic mass is 16.5. The first-order valence-electron chi connectivity index (χ1n) is 9.78. The first-order chi connectivity index (χ1) is 14.2. The summed E-state index contributed by atoms with van der Waals surface area (Å²) >= 11 is 0. The van der Waals surface area contributed by atoms with Crippen molar-refractivity contribution in [3.63, 3.8) is 0 Å². The first-order valence-corrected chi connectivity index (χ1v) is 9.78. The fourth-order valence-electron chi connectivity index (χ4n) is 3.70. The Morgan fingerprint density at radius 3 is 2.72 bits per heavy atom. The van der Waals surface area contributed by atoms with Gasteiger partial charge in [0, 0.05) is 43.4 Å². The number of carbonyl (C=O) groups is 2. The molecule has 1 aromatic carbocycles. The number of morpholine rings is 1. The summed E-state index contributed by atoms with van der Waals surface area (Å²) in [6.45, 7) is 3.28. The fourth-order valence-corrected chi connectivity index (χ4v) is 3.70. The van der Waals surface area contributed by atoms with Crippen molar-refractivity contribution in [1.82, 2.24) is 14.6 Å². The summed E-state index contributed by atoms with van der Waals surface area (Å²) in [6.07, 6.45) is 2.52. The molecule has 2 aliphatic rings. The summed E-state index contributed by atoms with van der Waals surface area (Å²) < 4.78 is 7.10. The number of nitrogens with zero attached hydrogens (tertiary/aromatic N) is 4.